The first-order valence-electron chi connectivity index (χ1n) is 11.6. The molecule has 0 bridgehead atoms. The highest BCUT2D eigenvalue weighted by Crippen LogP contribution is 2.28. The van der Waals surface area contributed by atoms with Crippen molar-refractivity contribution in [1.82, 2.24) is 10.2 Å². The van der Waals surface area contributed by atoms with E-state index in [1.807, 2.05) is 30.3 Å². The molecule has 1 saturated carbocycles. The molecule has 3 fully saturated rings. The van der Waals surface area contributed by atoms with E-state index >= 15 is 0 Å². The van der Waals surface area contributed by atoms with E-state index < -0.39 is 6.10 Å². The normalized spacial score (nSPS) is 29.6. The van der Waals surface area contributed by atoms with Gasteiger partial charge in [0.1, 0.15) is 6.10 Å². The number of rotatable bonds is 5. The number of nitrogens with one attached hydrogen (secondary N) is 1. The number of carbonyl (C=O) groups is 2. The van der Waals surface area contributed by atoms with Gasteiger partial charge in [0, 0.05) is 12.6 Å². The van der Waals surface area contributed by atoms with Crippen molar-refractivity contribution in [3.8, 4) is 0 Å². The van der Waals surface area contributed by atoms with Crippen LogP contribution in [-0.4, -0.2) is 72.0 Å². The average molecular weight is 431 g/mol. The van der Waals surface area contributed by atoms with E-state index in [1.165, 1.54) is 12.8 Å². The van der Waals surface area contributed by atoms with Crippen LogP contribution >= 0.6 is 0 Å². The van der Waals surface area contributed by atoms with Crippen LogP contribution in [0.25, 0.3) is 0 Å². The van der Waals surface area contributed by atoms with Gasteiger partial charge in [0.25, 0.3) is 0 Å². The van der Waals surface area contributed by atoms with E-state index in [2.05, 4.69) is 5.32 Å². The first kappa shape index (κ1) is 22.2. The molecule has 7 heteroatoms. The first-order valence-corrected chi connectivity index (χ1v) is 11.6. The maximum atomic E-state index is 13.1. The zero-order valence-corrected chi connectivity index (χ0v) is 18.1. The number of benzene rings is 1. The molecule has 31 heavy (non-hydrogen) atoms. The van der Waals surface area contributed by atoms with Gasteiger partial charge < -0.3 is 24.8 Å². The quantitative estimate of drug-likeness (QED) is 0.744. The average Bonchev–Trinajstić information content (AvgIpc) is 3.25. The summed E-state index contributed by atoms with van der Waals surface area (Å²) < 4.78 is 11.9. The van der Waals surface area contributed by atoms with Crippen LogP contribution in [0.1, 0.15) is 50.5 Å². The maximum absolute atomic E-state index is 13.1. The van der Waals surface area contributed by atoms with Crippen LogP contribution in [0.2, 0.25) is 0 Å². The smallest absolute Gasteiger partial charge is 0.227 e. The van der Waals surface area contributed by atoms with Crippen molar-refractivity contribution in [2.45, 2.75) is 81.8 Å². The van der Waals surface area contributed by atoms with E-state index in [1.54, 1.807) is 4.90 Å². The summed E-state index contributed by atoms with van der Waals surface area (Å²) in [5, 5.41) is 13.4. The van der Waals surface area contributed by atoms with E-state index in [9.17, 15) is 14.7 Å². The van der Waals surface area contributed by atoms with Gasteiger partial charge in [0.15, 0.2) is 0 Å². The van der Waals surface area contributed by atoms with Crippen LogP contribution in [-0.2, 0) is 25.5 Å². The van der Waals surface area contributed by atoms with Crippen LogP contribution in [0.5, 0.6) is 0 Å². The Kier molecular flexibility index (Phi) is 7.58. The number of fused-ring (bicyclic) bond motifs is 1. The van der Waals surface area contributed by atoms with Gasteiger partial charge >= 0.3 is 0 Å². The lowest BCUT2D eigenvalue weighted by molar-refractivity contribution is -0.169. The fourth-order valence-corrected chi connectivity index (χ4v) is 5.06. The minimum Gasteiger partial charge on any atom is -0.389 e. The third kappa shape index (κ3) is 6.05. The SMILES string of the molecule is O=C(C[C@@H]1CC[C@H]2[C@@H](COC[C@H](O)CN2C(=O)Cc2ccccc2)O1)NC1CCCC1. The summed E-state index contributed by atoms with van der Waals surface area (Å²) in [6.45, 7) is 0.731. The van der Waals surface area contributed by atoms with Crippen molar-refractivity contribution >= 4 is 11.8 Å². The minimum absolute atomic E-state index is 0.0109. The lowest BCUT2D eigenvalue weighted by atomic mass is 9.94. The van der Waals surface area contributed by atoms with Crippen molar-refractivity contribution in [3.63, 3.8) is 0 Å². The number of ether oxygens (including phenoxy) is 2. The molecule has 0 spiro atoms. The summed E-state index contributed by atoms with van der Waals surface area (Å²) >= 11 is 0. The van der Waals surface area contributed by atoms with Gasteiger partial charge in [-0.05, 0) is 31.2 Å². The Balaban J connectivity index is 1.38. The summed E-state index contributed by atoms with van der Waals surface area (Å²) in [6.07, 6.45) is 5.43. The zero-order valence-electron chi connectivity index (χ0n) is 18.1. The Morgan fingerprint density at radius 2 is 1.84 bits per heavy atom. The number of β-amino-alcohol motifs (C(OH)–C–C–N with tert-alkyl or cyclic N) is 1. The van der Waals surface area contributed by atoms with Gasteiger partial charge in [0.05, 0.1) is 44.3 Å². The van der Waals surface area contributed by atoms with Gasteiger partial charge in [-0.2, -0.15) is 0 Å². The number of nitrogens with zero attached hydrogens (tertiary/aromatic N) is 1. The molecule has 0 unspecified atom stereocenters. The molecule has 1 aromatic rings. The number of aliphatic hydroxyl groups excluding tert-OH is 1. The summed E-state index contributed by atoms with van der Waals surface area (Å²) in [5.41, 5.74) is 0.954. The van der Waals surface area contributed by atoms with Crippen molar-refractivity contribution in [2.75, 3.05) is 19.8 Å². The number of carbonyl (C=O) groups excluding carboxylic acids is 2. The molecule has 2 N–H and O–H groups in total. The van der Waals surface area contributed by atoms with E-state index in [0.717, 1.165) is 24.8 Å². The Morgan fingerprint density at radius 1 is 1.06 bits per heavy atom. The van der Waals surface area contributed by atoms with Crippen LogP contribution in [0.15, 0.2) is 30.3 Å². The lowest BCUT2D eigenvalue weighted by Crippen LogP contribution is -2.58. The van der Waals surface area contributed by atoms with Crippen LogP contribution < -0.4 is 5.32 Å². The molecule has 3 aliphatic rings. The molecule has 2 heterocycles. The number of aliphatic hydroxyl groups is 1. The van der Waals surface area contributed by atoms with E-state index in [4.69, 9.17) is 9.47 Å². The number of amides is 2. The lowest BCUT2D eigenvalue weighted by Gasteiger charge is -2.44. The number of hydrogen-bond donors (Lipinski definition) is 2. The van der Waals surface area contributed by atoms with Gasteiger partial charge in [-0.15, -0.1) is 0 Å². The Labute approximate surface area is 184 Å². The maximum Gasteiger partial charge on any atom is 0.227 e. The van der Waals surface area contributed by atoms with Crippen molar-refractivity contribution in [3.05, 3.63) is 35.9 Å². The minimum atomic E-state index is -0.712. The molecule has 2 saturated heterocycles. The Hall–Kier alpha value is -1.96. The second-order valence-corrected chi connectivity index (χ2v) is 9.09. The molecule has 0 radical (unpaired) electrons. The van der Waals surface area contributed by atoms with Crippen molar-refractivity contribution < 1.29 is 24.2 Å². The van der Waals surface area contributed by atoms with Crippen LogP contribution in [0.4, 0.5) is 0 Å². The molecule has 170 valence electrons. The molecule has 2 amide bonds. The molecule has 4 rings (SSSR count). The highest BCUT2D eigenvalue weighted by atomic mass is 16.5. The molecule has 7 nitrogen and oxygen atoms in total. The second kappa shape index (κ2) is 10.6. The molecule has 2 aliphatic heterocycles. The highest BCUT2D eigenvalue weighted by Gasteiger charge is 2.40. The summed E-state index contributed by atoms with van der Waals surface area (Å²) in [4.78, 5) is 27.4. The zero-order chi connectivity index (χ0) is 21.6. The Morgan fingerprint density at radius 3 is 2.61 bits per heavy atom. The molecule has 0 aromatic heterocycles. The van der Waals surface area contributed by atoms with E-state index in [-0.39, 0.29) is 43.2 Å². The first-order chi connectivity index (χ1) is 15.1. The van der Waals surface area contributed by atoms with E-state index in [0.29, 0.717) is 31.9 Å². The largest absolute Gasteiger partial charge is 0.389 e. The predicted octanol–water partition coefficient (Wildman–Crippen LogP) is 1.81. The molecular formula is C24H34N2O5. The van der Waals surface area contributed by atoms with Crippen molar-refractivity contribution in [2.24, 2.45) is 0 Å². The third-order valence-electron chi connectivity index (χ3n) is 6.63. The molecule has 1 aromatic carbocycles. The fraction of sp³-hybridized carbons (Fsp3) is 0.667. The summed E-state index contributed by atoms with van der Waals surface area (Å²) in [6, 6.07) is 9.81. The predicted molar refractivity (Wildman–Crippen MR) is 115 cm³/mol. The van der Waals surface area contributed by atoms with Crippen LogP contribution in [0, 0.1) is 0 Å². The summed E-state index contributed by atoms with van der Waals surface area (Å²) in [5.74, 6) is 0.0396. The molecule has 4 atom stereocenters. The Bertz CT molecular complexity index is 737. The molecular weight excluding hydrogens is 396 g/mol. The van der Waals surface area contributed by atoms with Gasteiger partial charge in [0.2, 0.25) is 11.8 Å². The topological polar surface area (TPSA) is 88.1 Å². The fourth-order valence-electron chi connectivity index (χ4n) is 5.06. The molecule has 1 aliphatic carbocycles. The van der Waals surface area contributed by atoms with Gasteiger partial charge in [-0.3, -0.25) is 9.59 Å². The second-order valence-electron chi connectivity index (χ2n) is 9.09. The third-order valence-corrected chi connectivity index (χ3v) is 6.63. The van der Waals surface area contributed by atoms with Crippen LogP contribution in [0.3, 0.4) is 0 Å². The standard InChI is InChI=1S/C24H34N2O5/c27-19-14-26(24(29)12-17-6-2-1-3-7-17)21-11-10-20(31-22(21)16-30-15-19)13-23(28)25-18-8-4-5-9-18/h1-3,6-7,18-22,27H,4-5,8-16H2,(H,25,28)/t19-,20+,21+,22-/m1/s1. The van der Waals surface area contributed by atoms with Crippen molar-refractivity contribution in [1.29, 1.82) is 0 Å². The van der Waals surface area contributed by atoms with Gasteiger partial charge in [-0.1, -0.05) is 43.2 Å². The number of hydrogen-bond acceptors (Lipinski definition) is 5. The van der Waals surface area contributed by atoms with Gasteiger partial charge in [-0.25, -0.2) is 0 Å². The monoisotopic (exact) mass is 430 g/mol. The highest BCUT2D eigenvalue weighted by molar-refractivity contribution is 5.79. The summed E-state index contributed by atoms with van der Waals surface area (Å²) in [7, 11) is 0.